The summed E-state index contributed by atoms with van der Waals surface area (Å²) in [5.41, 5.74) is 40.6. The molecule has 15 atom stereocenters. The number of amides is 17. The minimum atomic E-state index is -2.17. The first-order valence-electron chi connectivity index (χ1n) is 42.9. The molecule has 48 heteroatoms. The number of fused-ring (bicyclic) bond motifs is 1. The fourth-order valence-corrected chi connectivity index (χ4v) is 13.6. The van der Waals surface area contributed by atoms with E-state index in [-0.39, 0.29) is 76.9 Å². The quantitative estimate of drug-likeness (QED) is 0.0108. The molecule has 0 saturated heterocycles. The van der Waals surface area contributed by atoms with Crippen LogP contribution in [0.1, 0.15) is 169 Å². The van der Waals surface area contributed by atoms with Crippen molar-refractivity contribution in [1.29, 1.82) is 5.41 Å². The van der Waals surface area contributed by atoms with Crippen LogP contribution in [0.4, 0.5) is 0 Å². The normalized spacial score (nSPS) is 14.6. The summed E-state index contributed by atoms with van der Waals surface area (Å²) in [4.78, 5) is 276. The van der Waals surface area contributed by atoms with Gasteiger partial charge in [0.25, 0.3) is 0 Å². The number of carboxylic acids is 3. The van der Waals surface area contributed by atoms with Crippen LogP contribution in [0.2, 0.25) is 0 Å². The molecule has 131 heavy (non-hydrogen) atoms. The summed E-state index contributed by atoms with van der Waals surface area (Å²) in [7, 11) is 0. The second-order valence-corrected chi connectivity index (χ2v) is 33.1. The van der Waals surface area contributed by atoms with Gasteiger partial charge in [-0.2, -0.15) is 12.6 Å². The number of aromatic nitrogens is 1. The van der Waals surface area contributed by atoms with E-state index in [9.17, 15) is 111 Å². The molecular formula is C83H130N24O23S. The number of rotatable bonds is 63. The second-order valence-electron chi connectivity index (χ2n) is 32.8. The van der Waals surface area contributed by atoms with Crippen molar-refractivity contribution in [2.45, 2.75) is 261 Å². The zero-order valence-electron chi connectivity index (χ0n) is 74.4. The molecule has 2 aromatic carbocycles. The highest BCUT2D eigenvalue weighted by molar-refractivity contribution is 7.80. The van der Waals surface area contributed by atoms with Gasteiger partial charge in [0.05, 0.1) is 25.3 Å². The number of carbonyl (C=O) groups excluding carboxylic acids is 17. The van der Waals surface area contributed by atoms with Crippen LogP contribution in [0.25, 0.3) is 10.9 Å². The van der Waals surface area contributed by atoms with Crippen LogP contribution >= 0.6 is 12.6 Å². The Kier molecular flexibility index (Phi) is 49.4. The highest BCUT2D eigenvalue weighted by atomic mass is 32.1. The van der Waals surface area contributed by atoms with E-state index in [0.717, 1.165) is 0 Å². The van der Waals surface area contributed by atoms with Crippen LogP contribution in [-0.2, 0) is 109 Å². The average molecular weight is 1860 g/mol. The summed E-state index contributed by atoms with van der Waals surface area (Å²) in [5, 5.41) is 74.7. The van der Waals surface area contributed by atoms with Crippen LogP contribution < -0.4 is 120 Å². The van der Waals surface area contributed by atoms with Crippen LogP contribution in [0.5, 0.6) is 0 Å². The zero-order valence-corrected chi connectivity index (χ0v) is 75.3. The third kappa shape index (κ3) is 41.9. The third-order valence-corrected chi connectivity index (χ3v) is 20.7. The first-order valence-corrected chi connectivity index (χ1v) is 43.5. The van der Waals surface area contributed by atoms with E-state index in [1.54, 1.807) is 82.3 Å². The standard InChI is InChI=1S/C83H130N24O23S/c1-41(2)32-55(75(122)97-53(26-28-65(111)112)73(120)99-54(82(129)130)23-14-16-30-85)101-70(117)50(22-13-15-29-84)96-72(119)52(25-27-62(87)108)98-81(128)67(43(5)6)107-79(126)56(33-42(3)4)102-77(124)59(37-64(89)110)104-78(125)60(38-66(113)114)105-76(123)58(35-46-39-93-49-21-12-11-20-47(46)49)103-80(127)61(40-131)106-71(118)51(24-17-31-92-83(90)91)95-68(115)44(7)94-74(121)57(34-45-18-9-8-10-19-45)100-69(116)48(86)36-63(88)109/h8-12,18-21,39,41-44,48,50-61,67,93,131H,13-17,22-38,40,84-86H2,1-7H3,(H2,87,108)(H2,88,109)(H2,89,110)(H,94,121)(H,95,115)(H,96,119)(H,97,122)(H,98,128)(H,99,120)(H,100,116)(H,101,117)(H,102,124)(H,103,127)(H,104,125)(H,105,123)(H,106,118)(H,107,126)(H,111,112)(H,113,114)(H,129,130)(H4,90,91,92)/t44-,48-,50-,51-,52-,53-,54-,55-,56-,57-,58-,59-,60-,61-,67-/m0/s1. The number of thiol groups is 1. The number of hydrogen-bond donors (Lipinski definition) is 28. The van der Waals surface area contributed by atoms with E-state index in [1.165, 1.54) is 27.0 Å². The molecule has 34 N–H and O–H groups in total. The number of carboxylic acid groups (broad SMARTS) is 3. The lowest BCUT2D eigenvalue weighted by atomic mass is 9.98. The monoisotopic (exact) mass is 1860 g/mol. The molecule has 0 aliphatic carbocycles. The highest BCUT2D eigenvalue weighted by Gasteiger charge is 2.40. The summed E-state index contributed by atoms with van der Waals surface area (Å²) >= 11 is 4.31. The SMILES string of the molecule is CC(C)C[C@H](NC(=O)[C@H](CCCCN)NC(=O)[C@H](CCC(N)=O)NC(=O)[C@@H](NC(=O)[C@H](CC(C)C)NC(=O)[C@H](CC(N)=O)NC(=O)[C@H](CC(=O)O)NC(=O)[C@H](Cc1c[nH]c2ccccc12)NC(=O)[C@H](CS)NC(=O)[C@H](CCCNC(=N)N)NC(=O)[C@H](C)NC(=O)[C@H](Cc1ccccc1)NC(=O)[C@@H](N)CC(N)=O)C(C)C)C(=O)N[C@@H](CCC(=O)O)C(=O)N[C@@H](CCCCN)C(=O)O. The van der Waals surface area contributed by atoms with Gasteiger partial charge in [-0.25, -0.2) is 4.79 Å². The van der Waals surface area contributed by atoms with Gasteiger partial charge in [-0.1, -0.05) is 90.1 Å². The Bertz CT molecular complexity index is 4440. The van der Waals surface area contributed by atoms with Gasteiger partial charge in [0.2, 0.25) is 100 Å². The van der Waals surface area contributed by atoms with Crippen LogP contribution in [0, 0.1) is 23.2 Å². The van der Waals surface area contributed by atoms with Crippen molar-refractivity contribution in [1.82, 2.24) is 84.7 Å². The van der Waals surface area contributed by atoms with E-state index in [4.69, 9.17) is 45.5 Å². The number of guanidine groups is 1. The predicted molar refractivity (Wildman–Crippen MR) is 478 cm³/mol. The Morgan fingerprint density at radius 2 is 0.786 bits per heavy atom. The molecule has 0 saturated carbocycles. The van der Waals surface area contributed by atoms with Gasteiger partial charge in [-0.05, 0) is 132 Å². The number of benzene rings is 2. The zero-order chi connectivity index (χ0) is 98.5. The Labute approximate surface area is 762 Å². The van der Waals surface area contributed by atoms with Gasteiger partial charge in [0, 0.05) is 55.1 Å². The number of aliphatic carboxylic acids is 3. The van der Waals surface area contributed by atoms with Gasteiger partial charge in [-0.15, -0.1) is 0 Å². The molecule has 726 valence electrons. The third-order valence-electron chi connectivity index (χ3n) is 20.3. The summed E-state index contributed by atoms with van der Waals surface area (Å²) in [6, 6.07) is -9.52. The molecule has 0 aliphatic heterocycles. The van der Waals surface area contributed by atoms with Crippen molar-refractivity contribution in [3.63, 3.8) is 0 Å². The molecule has 3 aromatic rings. The van der Waals surface area contributed by atoms with E-state index >= 15 is 0 Å². The number of primary amides is 3. The smallest absolute Gasteiger partial charge is 0.326 e. The van der Waals surface area contributed by atoms with Crippen molar-refractivity contribution in [2.24, 2.45) is 57.9 Å². The van der Waals surface area contributed by atoms with Gasteiger partial charge < -0.3 is 140 Å². The Hall–Kier alpha value is -13.1. The molecule has 0 radical (unpaired) electrons. The fraction of sp³-hybridized carbons (Fsp3) is 0.578. The number of unbranched alkanes of at least 4 members (excludes halogenated alkanes) is 2. The maximum absolute atomic E-state index is 14.9. The topological polar surface area (TPSA) is 804 Å². The van der Waals surface area contributed by atoms with Crippen LogP contribution in [0.15, 0.2) is 60.8 Å². The van der Waals surface area contributed by atoms with E-state index in [1.807, 2.05) is 0 Å². The molecule has 3 rings (SSSR count). The number of aromatic amines is 1. The average Bonchev–Trinajstić information content (AvgIpc) is 1.74. The van der Waals surface area contributed by atoms with Gasteiger partial charge in [0.1, 0.15) is 84.6 Å². The first-order chi connectivity index (χ1) is 61.7. The summed E-state index contributed by atoms with van der Waals surface area (Å²) < 4.78 is 0. The summed E-state index contributed by atoms with van der Waals surface area (Å²) in [6.45, 7) is 11.2. The van der Waals surface area contributed by atoms with Crippen molar-refractivity contribution in [3.05, 3.63) is 71.9 Å². The Morgan fingerprint density at radius 1 is 0.389 bits per heavy atom. The largest absolute Gasteiger partial charge is 0.481 e. The van der Waals surface area contributed by atoms with Crippen molar-refractivity contribution in [3.8, 4) is 0 Å². The van der Waals surface area contributed by atoms with E-state index < -0.39 is 284 Å². The minimum Gasteiger partial charge on any atom is -0.481 e. The number of H-pyrrole nitrogens is 1. The molecule has 0 fully saturated rings. The fourth-order valence-electron chi connectivity index (χ4n) is 13.4. The van der Waals surface area contributed by atoms with Crippen molar-refractivity contribution < 1.29 is 111 Å². The number of nitrogens with one attached hydrogen (secondary N) is 17. The van der Waals surface area contributed by atoms with Crippen LogP contribution in [-0.4, -0.2) is 261 Å². The van der Waals surface area contributed by atoms with Crippen LogP contribution in [0.3, 0.4) is 0 Å². The molecule has 0 spiro atoms. The van der Waals surface area contributed by atoms with E-state index in [2.05, 4.69) is 97.4 Å². The number of nitrogens with two attached hydrogens (primary N) is 7. The summed E-state index contributed by atoms with van der Waals surface area (Å²) in [5.74, 6) is -25.3. The first kappa shape index (κ1) is 112. The van der Waals surface area contributed by atoms with Crippen molar-refractivity contribution >= 4 is 148 Å². The molecule has 47 nitrogen and oxygen atoms in total. The lowest BCUT2D eigenvalue weighted by Crippen LogP contribution is -2.62. The lowest BCUT2D eigenvalue weighted by molar-refractivity contribution is -0.143. The molecule has 17 amide bonds. The predicted octanol–water partition coefficient (Wildman–Crippen LogP) is -6.27. The summed E-state index contributed by atoms with van der Waals surface area (Å²) in [6.07, 6.45) is -3.64. The highest BCUT2D eigenvalue weighted by Crippen LogP contribution is 2.21. The maximum Gasteiger partial charge on any atom is 0.326 e. The Morgan fingerprint density at radius 3 is 1.27 bits per heavy atom. The molecule has 1 aromatic heterocycles. The number of carbonyl (C=O) groups is 20. The Balaban J connectivity index is 1.99. The number of hydrogen-bond acceptors (Lipinski definition) is 25. The van der Waals surface area contributed by atoms with Gasteiger partial charge >= 0.3 is 17.9 Å². The molecule has 0 bridgehead atoms. The molecule has 1 heterocycles. The van der Waals surface area contributed by atoms with Gasteiger partial charge in [0.15, 0.2) is 5.96 Å². The molecule has 0 aliphatic rings. The second kappa shape index (κ2) is 57.7. The number of para-hydroxylation sites is 1. The van der Waals surface area contributed by atoms with Crippen molar-refractivity contribution in [2.75, 3.05) is 25.4 Å². The molecular weight excluding hydrogens is 1730 g/mol. The minimum absolute atomic E-state index is 0.0134. The molecule has 0 unspecified atom stereocenters. The lowest BCUT2D eigenvalue weighted by Gasteiger charge is -2.30. The van der Waals surface area contributed by atoms with Gasteiger partial charge in [-0.3, -0.25) is 96.5 Å². The van der Waals surface area contributed by atoms with E-state index in [0.29, 0.717) is 41.3 Å². The maximum atomic E-state index is 14.9.